The van der Waals surface area contributed by atoms with Gasteiger partial charge in [-0.1, -0.05) is 30.3 Å². The smallest absolute Gasteiger partial charge is 0.387 e. The monoisotopic (exact) mass is 347 g/mol. The van der Waals surface area contributed by atoms with Crippen LogP contribution in [0.4, 0.5) is 8.78 Å². The van der Waals surface area contributed by atoms with E-state index in [9.17, 15) is 8.78 Å². The zero-order chi connectivity index (χ0) is 17.8. The molecule has 0 bridgehead atoms. The van der Waals surface area contributed by atoms with Gasteiger partial charge in [-0.2, -0.15) is 8.78 Å². The summed E-state index contributed by atoms with van der Waals surface area (Å²) in [5, 5.41) is 0. The molecule has 5 heteroatoms. The van der Waals surface area contributed by atoms with Crippen LogP contribution in [-0.4, -0.2) is 25.7 Å². The fourth-order valence-corrected chi connectivity index (χ4v) is 3.59. The minimum Gasteiger partial charge on any atom is -0.493 e. The molecule has 0 spiro atoms. The maximum atomic E-state index is 12.4. The summed E-state index contributed by atoms with van der Waals surface area (Å²) in [4.78, 5) is 2.31. The lowest BCUT2D eigenvalue weighted by atomic mass is 9.87. The molecule has 0 amide bonds. The number of methoxy groups -OCH3 is 1. The predicted molar refractivity (Wildman–Crippen MR) is 93.2 cm³/mol. The maximum absolute atomic E-state index is 12.4. The fourth-order valence-electron chi connectivity index (χ4n) is 3.59. The van der Waals surface area contributed by atoms with Crippen LogP contribution < -0.4 is 9.47 Å². The van der Waals surface area contributed by atoms with Crippen molar-refractivity contribution in [2.75, 3.05) is 14.2 Å². The molecule has 2 aromatic rings. The first-order chi connectivity index (χ1) is 12.1. The molecule has 1 atom stereocenters. The summed E-state index contributed by atoms with van der Waals surface area (Å²) in [5.41, 5.74) is 3.81. The van der Waals surface area contributed by atoms with Crippen molar-refractivity contribution in [1.82, 2.24) is 4.90 Å². The van der Waals surface area contributed by atoms with Crippen LogP contribution in [0.5, 0.6) is 11.5 Å². The Hall–Kier alpha value is -2.14. The maximum Gasteiger partial charge on any atom is 0.387 e. The van der Waals surface area contributed by atoms with Crippen LogP contribution in [0.1, 0.15) is 35.6 Å². The Labute approximate surface area is 147 Å². The van der Waals surface area contributed by atoms with Gasteiger partial charge in [0.2, 0.25) is 0 Å². The van der Waals surface area contributed by atoms with Gasteiger partial charge < -0.3 is 9.47 Å². The lowest BCUT2D eigenvalue weighted by Crippen LogP contribution is -2.27. The largest absolute Gasteiger partial charge is 0.493 e. The minimum absolute atomic E-state index is 0.0620. The van der Waals surface area contributed by atoms with Gasteiger partial charge in [0.1, 0.15) is 0 Å². The molecule has 0 fully saturated rings. The molecule has 3 nitrogen and oxygen atoms in total. The van der Waals surface area contributed by atoms with Crippen LogP contribution in [0.25, 0.3) is 0 Å². The number of rotatable bonds is 6. The first-order valence-electron chi connectivity index (χ1n) is 8.48. The number of benzene rings is 2. The van der Waals surface area contributed by atoms with Crippen LogP contribution in [0.2, 0.25) is 0 Å². The summed E-state index contributed by atoms with van der Waals surface area (Å²) in [6.07, 6.45) is 3.43. The SMILES string of the molecule is COc1cc(CN(C)[C@@H]2CCCc3ccccc32)ccc1OC(F)F. The number of nitrogens with zero attached hydrogens (tertiary/aromatic N) is 1. The van der Waals surface area contributed by atoms with E-state index in [2.05, 4.69) is 40.9 Å². The van der Waals surface area contributed by atoms with Crippen molar-refractivity contribution in [1.29, 1.82) is 0 Å². The summed E-state index contributed by atoms with van der Waals surface area (Å²) in [7, 11) is 3.56. The highest BCUT2D eigenvalue weighted by Crippen LogP contribution is 2.35. The average molecular weight is 347 g/mol. The van der Waals surface area contributed by atoms with Gasteiger partial charge in [0.25, 0.3) is 0 Å². The van der Waals surface area contributed by atoms with E-state index in [-0.39, 0.29) is 5.75 Å². The first-order valence-corrected chi connectivity index (χ1v) is 8.48. The van der Waals surface area contributed by atoms with Gasteiger partial charge >= 0.3 is 6.61 Å². The van der Waals surface area contributed by atoms with Crippen molar-refractivity contribution in [2.45, 2.75) is 38.5 Å². The lowest BCUT2D eigenvalue weighted by molar-refractivity contribution is -0.0512. The summed E-state index contributed by atoms with van der Waals surface area (Å²) in [6.45, 7) is -2.15. The highest BCUT2D eigenvalue weighted by Gasteiger charge is 2.23. The van der Waals surface area contributed by atoms with Crippen LogP contribution in [0.3, 0.4) is 0 Å². The Morgan fingerprint density at radius 2 is 1.96 bits per heavy atom. The summed E-state index contributed by atoms with van der Waals surface area (Å²) >= 11 is 0. The normalized spacial score (nSPS) is 16.8. The van der Waals surface area contributed by atoms with Crippen molar-refractivity contribution in [3.8, 4) is 11.5 Å². The van der Waals surface area contributed by atoms with E-state index in [4.69, 9.17) is 4.74 Å². The van der Waals surface area contributed by atoms with Crippen LogP contribution >= 0.6 is 0 Å². The minimum atomic E-state index is -2.86. The molecule has 0 aliphatic heterocycles. The van der Waals surface area contributed by atoms with Crippen LogP contribution in [-0.2, 0) is 13.0 Å². The van der Waals surface area contributed by atoms with Gasteiger partial charge in [-0.25, -0.2) is 0 Å². The zero-order valence-electron chi connectivity index (χ0n) is 14.5. The Kier molecular flexibility index (Phi) is 5.53. The topological polar surface area (TPSA) is 21.7 Å². The lowest BCUT2D eigenvalue weighted by Gasteiger charge is -2.33. The van der Waals surface area contributed by atoms with Crippen LogP contribution in [0.15, 0.2) is 42.5 Å². The number of fused-ring (bicyclic) bond motifs is 1. The molecular formula is C20H23F2NO2. The second-order valence-corrected chi connectivity index (χ2v) is 6.39. The Morgan fingerprint density at radius 3 is 2.72 bits per heavy atom. The molecule has 0 unspecified atom stereocenters. The van der Waals surface area contributed by atoms with Gasteiger partial charge in [-0.15, -0.1) is 0 Å². The van der Waals surface area contributed by atoms with Gasteiger partial charge in [0, 0.05) is 12.6 Å². The van der Waals surface area contributed by atoms with Crippen molar-refractivity contribution in [3.05, 3.63) is 59.2 Å². The van der Waals surface area contributed by atoms with Gasteiger partial charge in [-0.3, -0.25) is 4.90 Å². The summed E-state index contributed by atoms with van der Waals surface area (Å²) in [5.74, 6) is 0.391. The third-order valence-electron chi connectivity index (χ3n) is 4.75. The third-order valence-corrected chi connectivity index (χ3v) is 4.75. The molecule has 134 valence electrons. The molecule has 0 aromatic heterocycles. The quantitative estimate of drug-likeness (QED) is 0.749. The molecule has 0 heterocycles. The van der Waals surface area contributed by atoms with E-state index in [0.717, 1.165) is 18.4 Å². The predicted octanol–water partition coefficient (Wildman–Crippen LogP) is 4.81. The van der Waals surface area contributed by atoms with E-state index < -0.39 is 6.61 Å². The highest BCUT2D eigenvalue weighted by atomic mass is 19.3. The van der Waals surface area contributed by atoms with Crippen molar-refractivity contribution in [3.63, 3.8) is 0 Å². The zero-order valence-corrected chi connectivity index (χ0v) is 14.5. The van der Waals surface area contributed by atoms with Crippen LogP contribution in [0, 0.1) is 0 Å². The highest BCUT2D eigenvalue weighted by molar-refractivity contribution is 5.43. The average Bonchev–Trinajstić information content (AvgIpc) is 2.62. The number of ether oxygens (including phenoxy) is 2. The Bertz CT molecular complexity index is 721. The van der Waals surface area contributed by atoms with E-state index in [0.29, 0.717) is 18.3 Å². The second kappa shape index (κ2) is 7.83. The van der Waals surface area contributed by atoms with Crippen molar-refractivity contribution >= 4 is 0 Å². The molecular weight excluding hydrogens is 324 g/mol. The summed E-state index contributed by atoms with van der Waals surface area (Å²) < 4.78 is 34.6. The van der Waals surface area contributed by atoms with Crippen molar-refractivity contribution in [2.24, 2.45) is 0 Å². The standard InChI is InChI=1S/C20H23F2NO2/c1-23(17-9-5-7-15-6-3-4-8-16(15)17)13-14-10-11-18(25-20(21)22)19(12-14)24-2/h3-4,6,8,10-12,17,20H,5,7,9,13H2,1-2H3/t17-/m1/s1. The molecule has 0 saturated carbocycles. The molecule has 0 radical (unpaired) electrons. The Balaban J connectivity index is 1.76. The van der Waals surface area contributed by atoms with E-state index in [1.165, 1.54) is 24.7 Å². The number of hydrogen-bond donors (Lipinski definition) is 0. The molecule has 25 heavy (non-hydrogen) atoms. The molecule has 2 aromatic carbocycles. The molecule has 0 N–H and O–H groups in total. The number of alkyl halides is 2. The number of halogens is 2. The van der Waals surface area contributed by atoms with Gasteiger partial charge in [0.15, 0.2) is 11.5 Å². The van der Waals surface area contributed by atoms with E-state index >= 15 is 0 Å². The first kappa shape index (κ1) is 17.7. The van der Waals surface area contributed by atoms with Crippen molar-refractivity contribution < 1.29 is 18.3 Å². The molecule has 0 saturated heterocycles. The molecule has 1 aliphatic carbocycles. The Morgan fingerprint density at radius 1 is 1.16 bits per heavy atom. The number of hydrogen-bond acceptors (Lipinski definition) is 3. The third kappa shape index (κ3) is 4.10. The van der Waals surface area contributed by atoms with E-state index in [1.807, 2.05) is 6.07 Å². The number of aryl methyl sites for hydroxylation is 1. The fraction of sp³-hybridized carbons (Fsp3) is 0.400. The summed E-state index contributed by atoms with van der Waals surface area (Å²) in [6, 6.07) is 14.1. The second-order valence-electron chi connectivity index (χ2n) is 6.39. The van der Waals surface area contributed by atoms with Gasteiger partial charge in [0.05, 0.1) is 7.11 Å². The molecule has 1 aliphatic rings. The molecule has 3 rings (SSSR count). The van der Waals surface area contributed by atoms with E-state index in [1.54, 1.807) is 12.1 Å². The van der Waals surface area contributed by atoms with Gasteiger partial charge in [-0.05, 0) is 55.1 Å².